The van der Waals surface area contributed by atoms with E-state index in [4.69, 9.17) is 10.00 Å². The lowest BCUT2D eigenvalue weighted by Crippen LogP contribution is -2.07. The monoisotopic (exact) mass is 239 g/mol. The van der Waals surface area contributed by atoms with Gasteiger partial charge >= 0.3 is 0 Å². The maximum absolute atomic E-state index is 13.7. The van der Waals surface area contributed by atoms with Crippen molar-refractivity contribution in [2.75, 3.05) is 0 Å². The van der Waals surface area contributed by atoms with Gasteiger partial charge in [0, 0.05) is 5.56 Å². The summed E-state index contributed by atoms with van der Waals surface area (Å²) in [5, 5.41) is 8.82. The molecule has 0 atom stereocenters. The quantitative estimate of drug-likeness (QED) is 0.704. The summed E-state index contributed by atoms with van der Waals surface area (Å²) in [7, 11) is 0. The van der Waals surface area contributed by atoms with Crippen molar-refractivity contribution in [3.8, 4) is 22.9 Å². The van der Waals surface area contributed by atoms with E-state index in [9.17, 15) is 4.39 Å². The molecule has 1 aliphatic rings. The van der Waals surface area contributed by atoms with Gasteiger partial charge in [-0.25, -0.2) is 4.39 Å². The van der Waals surface area contributed by atoms with Crippen molar-refractivity contribution < 1.29 is 9.13 Å². The number of nitriles is 1. The third-order valence-electron chi connectivity index (χ3n) is 3.12. The van der Waals surface area contributed by atoms with E-state index in [1.165, 1.54) is 6.07 Å². The minimum Gasteiger partial charge on any atom is -0.488 e. The molecule has 0 aliphatic carbocycles. The van der Waals surface area contributed by atoms with Gasteiger partial charge in [0.05, 0.1) is 5.56 Å². The molecule has 0 aromatic heterocycles. The topological polar surface area (TPSA) is 33.0 Å². The molecule has 0 saturated heterocycles. The molecule has 3 heteroatoms. The van der Waals surface area contributed by atoms with E-state index in [1.54, 1.807) is 6.07 Å². The van der Waals surface area contributed by atoms with Crippen LogP contribution in [0.2, 0.25) is 0 Å². The van der Waals surface area contributed by atoms with Crippen LogP contribution in [0, 0.1) is 24.1 Å². The average Bonchev–Trinajstić information content (AvgIpc) is 2.37. The van der Waals surface area contributed by atoms with Gasteiger partial charge in [-0.2, -0.15) is 5.26 Å². The zero-order valence-corrected chi connectivity index (χ0v) is 9.83. The summed E-state index contributed by atoms with van der Waals surface area (Å²) < 4.78 is 19.3. The SMILES string of the molecule is Cc1ccc2c(c1)OCc1cc(C#N)c(F)cc1-2. The first kappa shape index (κ1) is 10.8. The van der Waals surface area contributed by atoms with E-state index < -0.39 is 5.82 Å². The van der Waals surface area contributed by atoms with Crippen molar-refractivity contribution in [1.29, 1.82) is 5.26 Å². The van der Waals surface area contributed by atoms with Gasteiger partial charge < -0.3 is 4.74 Å². The third kappa shape index (κ3) is 1.54. The molecule has 1 aliphatic heterocycles. The highest BCUT2D eigenvalue weighted by molar-refractivity contribution is 5.76. The van der Waals surface area contributed by atoms with Gasteiger partial charge in [0.2, 0.25) is 0 Å². The number of halogens is 1. The molecular formula is C15H10FNO. The van der Waals surface area contributed by atoms with Crippen LogP contribution in [0.15, 0.2) is 30.3 Å². The van der Waals surface area contributed by atoms with E-state index in [0.29, 0.717) is 6.61 Å². The van der Waals surface area contributed by atoms with Gasteiger partial charge in [-0.1, -0.05) is 12.1 Å². The molecule has 0 N–H and O–H groups in total. The van der Waals surface area contributed by atoms with Crippen molar-refractivity contribution in [3.05, 3.63) is 52.8 Å². The molecule has 2 nitrogen and oxygen atoms in total. The summed E-state index contributed by atoms with van der Waals surface area (Å²) in [6, 6.07) is 10.7. The molecule has 0 fully saturated rings. The highest BCUT2D eigenvalue weighted by Gasteiger charge is 2.19. The largest absolute Gasteiger partial charge is 0.488 e. The Morgan fingerprint density at radius 2 is 2.06 bits per heavy atom. The Labute approximate surface area is 104 Å². The fourth-order valence-electron chi connectivity index (χ4n) is 2.20. The highest BCUT2D eigenvalue weighted by atomic mass is 19.1. The maximum atomic E-state index is 13.7. The number of rotatable bonds is 0. The molecule has 0 saturated carbocycles. The van der Waals surface area contributed by atoms with E-state index in [2.05, 4.69) is 0 Å². The Morgan fingerprint density at radius 1 is 1.22 bits per heavy atom. The van der Waals surface area contributed by atoms with Crippen molar-refractivity contribution in [2.24, 2.45) is 0 Å². The lowest BCUT2D eigenvalue weighted by Gasteiger charge is -2.21. The third-order valence-corrected chi connectivity index (χ3v) is 3.12. The molecule has 0 amide bonds. The van der Waals surface area contributed by atoms with Crippen LogP contribution in [-0.4, -0.2) is 0 Å². The molecule has 2 aromatic carbocycles. The minimum absolute atomic E-state index is 0.0629. The number of hydrogen-bond acceptors (Lipinski definition) is 2. The standard InChI is InChI=1S/C15H10FNO/c1-9-2-3-12-13-6-14(16)10(7-17)5-11(13)8-18-15(12)4-9/h2-6H,8H2,1H3. The van der Waals surface area contributed by atoms with E-state index in [1.807, 2.05) is 31.2 Å². The average molecular weight is 239 g/mol. The van der Waals surface area contributed by atoms with E-state index in [-0.39, 0.29) is 5.56 Å². The number of benzene rings is 2. The second-order valence-electron chi connectivity index (χ2n) is 4.39. The van der Waals surface area contributed by atoms with Gasteiger partial charge in [0.25, 0.3) is 0 Å². The summed E-state index contributed by atoms with van der Waals surface area (Å²) in [5.74, 6) is 0.288. The van der Waals surface area contributed by atoms with Crippen molar-refractivity contribution >= 4 is 0 Å². The van der Waals surface area contributed by atoms with Crippen molar-refractivity contribution in [1.82, 2.24) is 0 Å². The molecule has 0 spiro atoms. The molecular weight excluding hydrogens is 229 g/mol. The summed E-state index contributed by atoms with van der Waals surface area (Å²) in [6.07, 6.45) is 0. The predicted octanol–water partition coefficient (Wildman–Crippen LogP) is 3.57. The first-order valence-corrected chi connectivity index (χ1v) is 5.65. The fourth-order valence-corrected chi connectivity index (χ4v) is 2.20. The first-order valence-electron chi connectivity index (χ1n) is 5.65. The Morgan fingerprint density at radius 3 is 2.83 bits per heavy atom. The van der Waals surface area contributed by atoms with Gasteiger partial charge in [0.15, 0.2) is 0 Å². The number of fused-ring (bicyclic) bond motifs is 3. The second kappa shape index (κ2) is 3.85. The van der Waals surface area contributed by atoms with E-state index in [0.717, 1.165) is 28.0 Å². The van der Waals surface area contributed by atoms with Gasteiger partial charge in [-0.05, 0) is 41.8 Å². The Kier molecular flexibility index (Phi) is 2.31. The van der Waals surface area contributed by atoms with Gasteiger partial charge in [-0.15, -0.1) is 0 Å². The highest BCUT2D eigenvalue weighted by Crippen LogP contribution is 2.38. The number of nitrogens with zero attached hydrogens (tertiary/aromatic N) is 1. The lowest BCUT2D eigenvalue weighted by atomic mass is 9.94. The Hall–Kier alpha value is -2.34. The molecule has 18 heavy (non-hydrogen) atoms. The molecule has 0 unspecified atom stereocenters. The zero-order chi connectivity index (χ0) is 12.7. The van der Waals surface area contributed by atoms with Crippen LogP contribution in [0.3, 0.4) is 0 Å². The molecule has 3 rings (SSSR count). The Balaban J connectivity index is 2.25. The summed E-state index contributed by atoms with van der Waals surface area (Å²) in [6.45, 7) is 2.36. The second-order valence-corrected chi connectivity index (χ2v) is 4.39. The smallest absolute Gasteiger partial charge is 0.141 e. The van der Waals surface area contributed by atoms with Crippen LogP contribution in [0.25, 0.3) is 11.1 Å². The molecule has 88 valence electrons. The number of hydrogen-bond donors (Lipinski definition) is 0. The first-order chi connectivity index (χ1) is 8.69. The van der Waals surface area contributed by atoms with Crippen LogP contribution in [-0.2, 0) is 6.61 Å². The maximum Gasteiger partial charge on any atom is 0.141 e. The number of aryl methyl sites for hydroxylation is 1. The summed E-state index contributed by atoms with van der Waals surface area (Å²) in [4.78, 5) is 0. The van der Waals surface area contributed by atoms with Gasteiger partial charge in [0.1, 0.15) is 24.2 Å². The molecule has 1 heterocycles. The van der Waals surface area contributed by atoms with Crippen LogP contribution in [0.5, 0.6) is 5.75 Å². The van der Waals surface area contributed by atoms with Crippen LogP contribution < -0.4 is 4.74 Å². The number of ether oxygens (including phenoxy) is 1. The Bertz CT molecular complexity index is 686. The van der Waals surface area contributed by atoms with Crippen LogP contribution in [0.1, 0.15) is 16.7 Å². The lowest BCUT2D eigenvalue weighted by molar-refractivity contribution is 0.302. The molecule has 0 radical (unpaired) electrons. The molecule has 2 aromatic rings. The predicted molar refractivity (Wildman–Crippen MR) is 65.6 cm³/mol. The van der Waals surface area contributed by atoms with Gasteiger partial charge in [-0.3, -0.25) is 0 Å². The van der Waals surface area contributed by atoms with E-state index >= 15 is 0 Å². The van der Waals surface area contributed by atoms with Crippen LogP contribution in [0.4, 0.5) is 4.39 Å². The van der Waals surface area contributed by atoms with Crippen LogP contribution >= 0.6 is 0 Å². The normalized spacial score (nSPS) is 12.1. The van der Waals surface area contributed by atoms with Crippen molar-refractivity contribution in [3.63, 3.8) is 0 Å². The zero-order valence-electron chi connectivity index (χ0n) is 9.83. The summed E-state index contributed by atoms with van der Waals surface area (Å²) >= 11 is 0. The van der Waals surface area contributed by atoms with Crippen molar-refractivity contribution in [2.45, 2.75) is 13.5 Å². The fraction of sp³-hybridized carbons (Fsp3) is 0.133. The molecule has 0 bridgehead atoms. The minimum atomic E-state index is -0.482. The summed E-state index contributed by atoms with van der Waals surface area (Å²) in [5.41, 5.74) is 3.71.